The Kier molecular flexibility index (Phi) is 5.83. The number of benzene rings is 1. The van der Waals surface area contributed by atoms with Crippen molar-refractivity contribution in [3.63, 3.8) is 0 Å². The van der Waals surface area contributed by atoms with Crippen LogP contribution in [-0.4, -0.2) is 11.6 Å². The first-order valence-corrected chi connectivity index (χ1v) is 10.4. The van der Waals surface area contributed by atoms with Crippen LogP contribution in [0.2, 0.25) is 0 Å². The molecule has 0 aliphatic heterocycles. The molecule has 4 rings (SSSR count). The molecule has 1 saturated carbocycles. The molecule has 1 heterocycles. The van der Waals surface area contributed by atoms with Crippen molar-refractivity contribution in [1.82, 2.24) is 4.98 Å². The second-order valence-electron chi connectivity index (χ2n) is 8.20. The van der Waals surface area contributed by atoms with E-state index in [1.54, 1.807) is 6.07 Å². The van der Waals surface area contributed by atoms with Gasteiger partial charge < -0.3 is 10.5 Å². The topological polar surface area (TPSA) is 71.9 Å². The van der Waals surface area contributed by atoms with Crippen LogP contribution in [-0.2, 0) is 6.54 Å². The minimum atomic E-state index is -2.94. The van der Waals surface area contributed by atoms with E-state index in [-0.39, 0.29) is 11.7 Å². The van der Waals surface area contributed by atoms with Gasteiger partial charge in [-0.05, 0) is 41.0 Å². The van der Waals surface area contributed by atoms with Crippen molar-refractivity contribution in [2.24, 2.45) is 17.6 Å². The minimum absolute atomic E-state index is 0.0244. The monoisotopic (exact) mass is 409 g/mol. The van der Waals surface area contributed by atoms with Gasteiger partial charge in [0.15, 0.2) is 0 Å². The van der Waals surface area contributed by atoms with Crippen molar-refractivity contribution in [3.05, 3.63) is 58.9 Å². The summed E-state index contributed by atoms with van der Waals surface area (Å²) in [5, 5.41) is 10.1. The van der Waals surface area contributed by atoms with Gasteiger partial charge in [0.25, 0.3) is 0 Å². The molecule has 1 aromatic heterocycles. The van der Waals surface area contributed by atoms with E-state index >= 15 is 0 Å². The van der Waals surface area contributed by atoms with Gasteiger partial charge in [0, 0.05) is 18.0 Å². The van der Waals surface area contributed by atoms with Crippen molar-refractivity contribution in [1.29, 1.82) is 5.26 Å². The maximum Gasteiger partial charge on any atom is 0.387 e. The number of nitriles is 1. The molecule has 0 bridgehead atoms. The molecule has 0 saturated heterocycles. The molecule has 2 aliphatic carbocycles. The van der Waals surface area contributed by atoms with Gasteiger partial charge in [-0.2, -0.15) is 14.0 Å². The van der Waals surface area contributed by atoms with Crippen LogP contribution < -0.4 is 10.5 Å². The van der Waals surface area contributed by atoms with Crippen LogP contribution >= 0.6 is 0 Å². The summed E-state index contributed by atoms with van der Waals surface area (Å²) >= 11 is 0. The molecule has 2 aliphatic rings. The predicted octanol–water partition coefficient (Wildman–Crippen LogP) is 5.50. The molecule has 1 fully saturated rings. The summed E-state index contributed by atoms with van der Waals surface area (Å²) in [4.78, 5) is 4.50. The average molecular weight is 409 g/mol. The van der Waals surface area contributed by atoms with Gasteiger partial charge in [0.2, 0.25) is 0 Å². The second-order valence-corrected chi connectivity index (χ2v) is 8.20. The van der Waals surface area contributed by atoms with Gasteiger partial charge in [-0.1, -0.05) is 50.5 Å². The molecule has 2 atom stereocenters. The first-order valence-electron chi connectivity index (χ1n) is 10.4. The van der Waals surface area contributed by atoms with Gasteiger partial charge in [0.05, 0.1) is 17.5 Å². The lowest BCUT2D eigenvalue weighted by Crippen LogP contribution is -2.26. The lowest BCUT2D eigenvalue weighted by molar-refractivity contribution is -0.0501. The Hall–Kier alpha value is -2.78. The third-order valence-corrected chi connectivity index (χ3v) is 6.61. The Morgan fingerprint density at radius 1 is 1.27 bits per heavy atom. The summed E-state index contributed by atoms with van der Waals surface area (Å²) in [5.41, 5.74) is 10.5. The fraction of sp³-hybridized carbons (Fsp3) is 0.417. The van der Waals surface area contributed by atoms with Crippen LogP contribution in [0.1, 0.15) is 60.9 Å². The third kappa shape index (κ3) is 3.82. The van der Waals surface area contributed by atoms with Gasteiger partial charge in [-0.25, -0.2) is 0 Å². The van der Waals surface area contributed by atoms with E-state index in [0.29, 0.717) is 29.5 Å². The number of alkyl halides is 2. The largest absolute Gasteiger partial charge is 0.433 e. The molecule has 0 spiro atoms. The van der Waals surface area contributed by atoms with Gasteiger partial charge in [0.1, 0.15) is 11.8 Å². The molecule has 1 aromatic carbocycles. The number of hydrogen-bond donors (Lipinski definition) is 1. The molecule has 2 N–H and O–H groups in total. The number of aromatic nitrogens is 1. The zero-order chi connectivity index (χ0) is 21.3. The lowest BCUT2D eigenvalue weighted by atomic mass is 9.68. The molecule has 30 heavy (non-hydrogen) atoms. The summed E-state index contributed by atoms with van der Waals surface area (Å²) < 4.78 is 30.2. The van der Waals surface area contributed by atoms with E-state index in [1.165, 1.54) is 25.5 Å². The minimum Gasteiger partial charge on any atom is -0.433 e. The highest BCUT2D eigenvalue weighted by Crippen LogP contribution is 2.50. The number of nitrogens with zero attached hydrogens (tertiary/aromatic N) is 2. The molecule has 6 heteroatoms. The highest BCUT2D eigenvalue weighted by Gasteiger charge is 2.37. The van der Waals surface area contributed by atoms with Crippen molar-refractivity contribution >= 4 is 11.1 Å². The Labute approximate surface area is 175 Å². The van der Waals surface area contributed by atoms with Crippen LogP contribution in [0.3, 0.4) is 0 Å². The predicted molar refractivity (Wildman–Crippen MR) is 111 cm³/mol. The molecule has 0 radical (unpaired) electrons. The number of rotatable bonds is 5. The second kappa shape index (κ2) is 8.53. The van der Waals surface area contributed by atoms with E-state index < -0.39 is 6.61 Å². The SMILES string of the molecule is CC1c2ncc(OC(F)F)cc2C(C#N)=C(c2ccc(CN)cc2)CC1C1CCC1. The zero-order valence-corrected chi connectivity index (χ0v) is 16.9. The number of pyridine rings is 1. The Balaban J connectivity index is 1.88. The van der Waals surface area contributed by atoms with Crippen LogP contribution in [0.25, 0.3) is 11.1 Å². The van der Waals surface area contributed by atoms with E-state index in [1.807, 2.05) is 24.3 Å². The Bertz CT molecular complexity index is 991. The molecule has 2 aromatic rings. The van der Waals surface area contributed by atoms with Crippen LogP contribution in [0.4, 0.5) is 8.78 Å². The Morgan fingerprint density at radius 3 is 2.57 bits per heavy atom. The molecule has 2 unspecified atom stereocenters. The highest BCUT2D eigenvalue weighted by molar-refractivity contribution is 5.98. The first-order chi connectivity index (χ1) is 14.5. The molecule has 4 nitrogen and oxygen atoms in total. The standard InChI is InChI=1S/C24H25F2N3O/c1-14-19(16-3-2-4-16)10-20(17-7-5-15(11-27)6-8-17)22(12-28)21-9-18(30-24(25)26)13-29-23(14)21/h5-9,13-14,16,19,24H,2-4,10-11,27H2,1H3. The van der Waals surface area contributed by atoms with E-state index in [0.717, 1.165) is 28.8 Å². The zero-order valence-electron chi connectivity index (χ0n) is 16.9. The number of ether oxygens (including phenoxy) is 1. The summed E-state index contributed by atoms with van der Waals surface area (Å²) in [6.45, 7) is -0.348. The van der Waals surface area contributed by atoms with E-state index in [4.69, 9.17) is 5.73 Å². The molecule has 156 valence electrons. The van der Waals surface area contributed by atoms with Crippen molar-refractivity contribution in [3.8, 4) is 11.8 Å². The number of fused-ring (bicyclic) bond motifs is 1. The first kappa shape index (κ1) is 20.5. The van der Waals surface area contributed by atoms with Crippen LogP contribution in [0, 0.1) is 23.2 Å². The average Bonchev–Trinajstić information content (AvgIpc) is 2.81. The number of allylic oxidation sites excluding steroid dienone is 2. The summed E-state index contributed by atoms with van der Waals surface area (Å²) in [7, 11) is 0. The molecular formula is C24H25F2N3O. The summed E-state index contributed by atoms with van der Waals surface area (Å²) in [5.74, 6) is 1.03. The maximum atomic E-state index is 12.8. The normalized spacial score (nSPS) is 21.6. The lowest BCUT2D eigenvalue weighted by Gasteiger charge is -2.37. The summed E-state index contributed by atoms with van der Waals surface area (Å²) in [6, 6.07) is 11.8. The van der Waals surface area contributed by atoms with Crippen molar-refractivity contribution < 1.29 is 13.5 Å². The van der Waals surface area contributed by atoms with Gasteiger partial charge >= 0.3 is 6.61 Å². The number of hydrogen-bond acceptors (Lipinski definition) is 4. The van der Waals surface area contributed by atoms with Crippen molar-refractivity contribution in [2.45, 2.75) is 51.7 Å². The van der Waals surface area contributed by atoms with Gasteiger partial charge in [-0.15, -0.1) is 0 Å². The fourth-order valence-corrected chi connectivity index (χ4v) is 4.74. The van der Waals surface area contributed by atoms with E-state index in [9.17, 15) is 14.0 Å². The van der Waals surface area contributed by atoms with Crippen molar-refractivity contribution in [2.75, 3.05) is 0 Å². The number of nitrogens with two attached hydrogens (primary N) is 1. The third-order valence-electron chi connectivity index (χ3n) is 6.61. The van der Waals surface area contributed by atoms with Crippen LogP contribution in [0.15, 0.2) is 36.5 Å². The smallest absolute Gasteiger partial charge is 0.387 e. The molecular weight excluding hydrogens is 384 g/mol. The van der Waals surface area contributed by atoms with E-state index in [2.05, 4.69) is 22.7 Å². The van der Waals surface area contributed by atoms with Gasteiger partial charge in [-0.3, -0.25) is 4.98 Å². The number of halogens is 2. The molecule has 0 amide bonds. The Morgan fingerprint density at radius 2 is 2.00 bits per heavy atom. The fourth-order valence-electron chi connectivity index (χ4n) is 4.74. The highest BCUT2D eigenvalue weighted by atomic mass is 19.3. The van der Waals surface area contributed by atoms with Crippen LogP contribution in [0.5, 0.6) is 5.75 Å². The maximum absolute atomic E-state index is 12.8. The quantitative estimate of drug-likeness (QED) is 0.708. The summed E-state index contributed by atoms with van der Waals surface area (Å²) in [6.07, 6.45) is 5.69.